The van der Waals surface area contributed by atoms with Gasteiger partial charge in [-0.15, -0.1) is 10.2 Å². The molecule has 0 unspecified atom stereocenters. The summed E-state index contributed by atoms with van der Waals surface area (Å²) in [5.41, 5.74) is 0. The second-order valence-corrected chi connectivity index (χ2v) is 4.56. The molecular formula is C11H13N3O3S. The lowest BCUT2D eigenvalue weighted by molar-refractivity contribution is -0.133. The number of nitrogens with zero attached hydrogens (tertiary/aromatic N) is 3. The molecule has 0 spiro atoms. The van der Waals surface area contributed by atoms with Crippen LogP contribution in [0.5, 0.6) is 0 Å². The van der Waals surface area contributed by atoms with E-state index in [-0.39, 0.29) is 5.75 Å². The summed E-state index contributed by atoms with van der Waals surface area (Å²) in [6.07, 6.45) is 2.48. The summed E-state index contributed by atoms with van der Waals surface area (Å²) in [5, 5.41) is 17.4. The third kappa shape index (κ3) is 2.73. The van der Waals surface area contributed by atoms with Crippen molar-refractivity contribution in [1.82, 2.24) is 14.8 Å². The van der Waals surface area contributed by atoms with Crippen molar-refractivity contribution in [1.29, 1.82) is 0 Å². The van der Waals surface area contributed by atoms with Crippen LogP contribution in [0.2, 0.25) is 0 Å². The van der Waals surface area contributed by atoms with Gasteiger partial charge in [0.05, 0.1) is 12.0 Å². The Morgan fingerprint density at radius 1 is 1.56 bits per heavy atom. The van der Waals surface area contributed by atoms with Gasteiger partial charge >= 0.3 is 5.97 Å². The summed E-state index contributed by atoms with van der Waals surface area (Å²) in [6, 6.07) is 3.59. The molecule has 6 nitrogen and oxygen atoms in total. The maximum Gasteiger partial charge on any atom is 0.313 e. The third-order valence-corrected chi connectivity index (χ3v) is 3.18. The van der Waals surface area contributed by atoms with E-state index in [1.165, 1.54) is 0 Å². The van der Waals surface area contributed by atoms with Gasteiger partial charge in [-0.25, -0.2) is 0 Å². The van der Waals surface area contributed by atoms with Gasteiger partial charge in [0.25, 0.3) is 0 Å². The number of hydrogen-bond acceptors (Lipinski definition) is 5. The molecule has 0 aliphatic heterocycles. The summed E-state index contributed by atoms with van der Waals surface area (Å²) in [7, 11) is 0. The van der Waals surface area contributed by atoms with Crippen LogP contribution in [-0.4, -0.2) is 31.6 Å². The molecule has 1 N–H and O–H groups in total. The van der Waals surface area contributed by atoms with Gasteiger partial charge in [0.2, 0.25) is 0 Å². The molecule has 0 saturated heterocycles. The molecule has 2 aromatic heterocycles. The van der Waals surface area contributed by atoms with Crippen molar-refractivity contribution in [3.63, 3.8) is 0 Å². The Hall–Kier alpha value is -1.76. The number of furan rings is 1. The molecule has 0 aromatic carbocycles. The van der Waals surface area contributed by atoms with Crippen LogP contribution in [0.25, 0.3) is 11.6 Å². The Bertz CT molecular complexity index is 522. The number of thioether (sulfide) groups is 1. The fraction of sp³-hybridized carbons (Fsp3) is 0.364. The van der Waals surface area contributed by atoms with E-state index in [0.717, 1.165) is 24.7 Å². The minimum Gasteiger partial charge on any atom is -0.481 e. The van der Waals surface area contributed by atoms with Gasteiger partial charge in [-0.1, -0.05) is 18.7 Å². The van der Waals surface area contributed by atoms with Crippen LogP contribution < -0.4 is 0 Å². The van der Waals surface area contributed by atoms with Crippen LogP contribution in [0.1, 0.15) is 13.3 Å². The normalized spacial score (nSPS) is 10.7. The van der Waals surface area contributed by atoms with Gasteiger partial charge < -0.3 is 9.52 Å². The molecule has 18 heavy (non-hydrogen) atoms. The van der Waals surface area contributed by atoms with Gasteiger partial charge in [0.15, 0.2) is 16.7 Å². The molecule has 0 bridgehead atoms. The zero-order valence-corrected chi connectivity index (χ0v) is 10.7. The minimum absolute atomic E-state index is 0.0278. The van der Waals surface area contributed by atoms with E-state index in [1.807, 2.05) is 17.6 Å². The molecule has 0 fully saturated rings. The molecule has 2 aromatic rings. The fourth-order valence-electron chi connectivity index (χ4n) is 1.54. The molecule has 0 radical (unpaired) electrons. The lowest BCUT2D eigenvalue weighted by Crippen LogP contribution is -2.04. The van der Waals surface area contributed by atoms with E-state index < -0.39 is 5.97 Å². The average molecular weight is 267 g/mol. The van der Waals surface area contributed by atoms with Crippen LogP contribution in [0.3, 0.4) is 0 Å². The maximum absolute atomic E-state index is 10.6. The highest BCUT2D eigenvalue weighted by molar-refractivity contribution is 7.99. The maximum atomic E-state index is 10.6. The van der Waals surface area contributed by atoms with Gasteiger partial charge in [0.1, 0.15) is 0 Å². The number of carbonyl (C=O) groups is 1. The first-order valence-electron chi connectivity index (χ1n) is 5.54. The molecule has 96 valence electrons. The van der Waals surface area contributed by atoms with E-state index >= 15 is 0 Å². The number of carboxylic acid groups (broad SMARTS) is 1. The van der Waals surface area contributed by atoms with Crippen LogP contribution in [0, 0.1) is 0 Å². The van der Waals surface area contributed by atoms with Gasteiger partial charge in [0, 0.05) is 6.54 Å². The second kappa shape index (κ2) is 5.72. The Morgan fingerprint density at radius 2 is 2.39 bits per heavy atom. The van der Waals surface area contributed by atoms with E-state index in [0.29, 0.717) is 16.7 Å². The summed E-state index contributed by atoms with van der Waals surface area (Å²) in [4.78, 5) is 10.6. The Balaban J connectivity index is 2.28. The third-order valence-electron chi connectivity index (χ3n) is 2.23. The molecule has 7 heteroatoms. The number of carboxylic acids is 1. The highest BCUT2D eigenvalue weighted by Crippen LogP contribution is 2.24. The first-order valence-corrected chi connectivity index (χ1v) is 6.52. The zero-order valence-electron chi connectivity index (χ0n) is 9.87. The SMILES string of the molecule is CCCn1c(SCC(=O)O)nnc1-c1ccco1. The summed E-state index contributed by atoms with van der Waals surface area (Å²) >= 11 is 1.16. The highest BCUT2D eigenvalue weighted by Gasteiger charge is 2.16. The van der Waals surface area contributed by atoms with Crippen molar-refractivity contribution in [3.8, 4) is 11.6 Å². The fourth-order valence-corrected chi connectivity index (χ4v) is 2.22. The summed E-state index contributed by atoms with van der Waals surface area (Å²) in [6.45, 7) is 2.77. The molecule has 0 aliphatic carbocycles. The molecule has 0 atom stereocenters. The zero-order chi connectivity index (χ0) is 13.0. The van der Waals surface area contributed by atoms with Crippen molar-refractivity contribution in [2.45, 2.75) is 25.0 Å². The van der Waals surface area contributed by atoms with E-state index in [1.54, 1.807) is 12.3 Å². The Morgan fingerprint density at radius 3 is 3.00 bits per heavy atom. The summed E-state index contributed by atoms with van der Waals surface area (Å²) in [5.74, 6) is 0.374. The Kier molecular flexibility index (Phi) is 4.03. The number of hydrogen-bond donors (Lipinski definition) is 1. The monoisotopic (exact) mass is 267 g/mol. The van der Waals surface area contributed by atoms with Crippen molar-refractivity contribution in [3.05, 3.63) is 18.4 Å². The predicted octanol–water partition coefficient (Wildman–Crippen LogP) is 2.12. The van der Waals surface area contributed by atoms with E-state index in [9.17, 15) is 4.79 Å². The standard InChI is InChI=1S/C11H13N3O3S/c1-2-5-14-10(8-4-3-6-17-8)12-13-11(14)18-7-9(15)16/h3-4,6H,2,5,7H2,1H3,(H,15,16). The summed E-state index contributed by atoms with van der Waals surface area (Å²) < 4.78 is 7.18. The molecular weight excluding hydrogens is 254 g/mol. The molecule has 0 saturated carbocycles. The first kappa shape index (κ1) is 12.7. The second-order valence-electron chi connectivity index (χ2n) is 3.62. The van der Waals surface area contributed by atoms with Crippen molar-refractivity contribution < 1.29 is 14.3 Å². The van der Waals surface area contributed by atoms with Crippen molar-refractivity contribution >= 4 is 17.7 Å². The van der Waals surface area contributed by atoms with E-state index in [4.69, 9.17) is 9.52 Å². The quantitative estimate of drug-likeness (QED) is 0.807. The smallest absolute Gasteiger partial charge is 0.313 e. The lowest BCUT2D eigenvalue weighted by atomic mass is 10.4. The number of aliphatic carboxylic acids is 1. The minimum atomic E-state index is -0.870. The van der Waals surface area contributed by atoms with Crippen LogP contribution >= 0.6 is 11.8 Å². The van der Waals surface area contributed by atoms with Crippen LogP contribution in [0.4, 0.5) is 0 Å². The van der Waals surface area contributed by atoms with Crippen LogP contribution in [0.15, 0.2) is 28.0 Å². The van der Waals surface area contributed by atoms with Crippen molar-refractivity contribution in [2.75, 3.05) is 5.75 Å². The highest BCUT2D eigenvalue weighted by atomic mass is 32.2. The van der Waals surface area contributed by atoms with Gasteiger partial charge in [-0.05, 0) is 18.6 Å². The molecule has 0 amide bonds. The first-order chi connectivity index (χ1) is 8.72. The molecule has 2 rings (SSSR count). The van der Waals surface area contributed by atoms with Gasteiger partial charge in [-0.2, -0.15) is 0 Å². The average Bonchev–Trinajstić information content (AvgIpc) is 2.95. The van der Waals surface area contributed by atoms with Gasteiger partial charge in [-0.3, -0.25) is 9.36 Å². The van der Waals surface area contributed by atoms with E-state index in [2.05, 4.69) is 10.2 Å². The van der Waals surface area contributed by atoms with Crippen molar-refractivity contribution in [2.24, 2.45) is 0 Å². The molecule has 2 heterocycles. The number of rotatable bonds is 6. The Labute approximate surface area is 108 Å². The predicted molar refractivity (Wildman–Crippen MR) is 66.4 cm³/mol. The number of aromatic nitrogens is 3. The lowest BCUT2D eigenvalue weighted by Gasteiger charge is -2.06. The largest absolute Gasteiger partial charge is 0.481 e. The van der Waals surface area contributed by atoms with Crippen LogP contribution in [-0.2, 0) is 11.3 Å². The molecule has 0 aliphatic rings. The topological polar surface area (TPSA) is 81.2 Å².